The molecule has 0 aliphatic rings. The van der Waals surface area contributed by atoms with Crippen LogP contribution in [0.25, 0.3) is 5.57 Å². The van der Waals surface area contributed by atoms with Crippen molar-refractivity contribution < 1.29 is 4.39 Å². The van der Waals surface area contributed by atoms with Gasteiger partial charge in [-0.05, 0) is 26.6 Å². The number of allylic oxidation sites excluding steroid dienone is 3. The molecule has 1 aromatic rings. The van der Waals surface area contributed by atoms with E-state index in [1.165, 1.54) is 19.2 Å². The largest absolute Gasteiger partial charge is 0.275 e. The van der Waals surface area contributed by atoms with E-state index in [9.17, 15) is 4.39 Å². The molecule has 0 fully saturated rings. The number of rotatable bonds is 3. The first kappa shape index (κ1) is 11.4. The molecule has 1 heterocycles. The molecule has 0 aromatic carbocycles. The molecule has 0 amide bonds. The van der Waals surface area contributed by atoms with Crippen molar-refractivity contribution in [1.29, 1.82) is 0 Å². The summed E-state index contributed by atoms with van der Waals surface area (Å²) in [5.74, 6) is -0.270. The Morgan fingerprint density at radius 2 is 2.33 bits per heavy atom. The predicted molar refractivity (Wildman–Crippen MR) is 60.3 cm³/mol. The fraction of sp³-hybridized carbons (Fsp3) is 0.273. The van der Waals surface area contributed by atoms with Gasteiger partial charge in [0.15, 0.2) is 0 Å². The highest BCUT2D eigenvalue weighted by molar-refractivity contribution is 5.75. The van der Waals surface area contributed by atoms with Crippen molar-refractivity contribution in [3.63, 3.8) is 0 Å². The Morgan fingerprint density at radius 1 is 1.67 bits per heavy atom. The minimum Gasteiger partial charge on any atom is -0.275 e. The van der Waals surface area contributed by atoms with Gasteiger partial charge in [0.05, 0.1) is 11.5 Å². The lowest BCUT2D eigenvalue weighted by atomic mass is 10.1. The van der Waals surface area contributed by atoms with Crippen LogP contribution in [0.15, 0.2) is 29.3 Å². The molecule has 0 unspecified atom stereocenters. The lowest BCUT2D eigenvalue weighted by molar-refractivity contribution is 0.641. The molecule has 0 bridgehead atoms. The van der Waals surface area contributed by atoms with Crippen LogP contribution < -0.4 is 0 Å². The fourth-order valence-electron chi connectivity index (χ4n) is 1.38. The lowest BCUT2D eigenvalue weighted by Crippen LogP contribution is -1.86. The lowest BCUT2D eigenvalue weighted by Gasteiger charge is -1.98. The standard InChI is InChI=1S/C11H14FN3/c1-8(12)5-10(6-13-3)11-7-15(4)14-9(11)2/h5-7H,3H2,1-2,4H3/b8-5+,10-6+. The molecule has 1 aromatic heterocycles. The Bertz CT molecular complexity index is 423. The molecule has 1 rings (SSSR count). The van der Waals surface area contributed by atoms with Crippen LogP contribution in [0, 0.1) is 6.92 Å². The summed E-state index contributed by atoms with van der Waals surface area (Å²) < 4.78 is 14.5. The van der Waals surface area contributed by atoms with Crippen molar-refractivity contribution in [2.75, 3.05) is 0 Å². The smallest absolute Gasteiger partial charge is 0.0975 e. The maximum atomic E-state index is 12.8. The van der Waals surface area contributed by atoms with E-state index in [-0.39, 0.29) is 5.83 Å². The molecule has 0 aliphatic carbocycles. The van der Waals surface area contributed by atoms with Gasteiger partial charge in [0, 0.05) is 30.6 Å². The summed E-state index contributed by atoms with van der Waals surface area (Å²) in [7, 11) is 1.82. The molecule has 0 aliphatic heterocycles. The Kier molecular flexibility index (Phi) is 3.55. The highest BCUT2D eigenvalue weighted by Crippen LogP contribution is 2.20. The Labute approximate surface area is 88.6 Å². The summed E-state index contributed by atoms with van der Waals surface area (Å²) in [6.45, 7) is 6.62. The number of hydrogen-bond donors (Lipinski definition) is 0. The Balaban J connectivity index is 3.22. The second kappa shape index (κ2) is 4.68. The van der Waals surface area contributed by atoms with Gasteiger partial charge in [-0.25, -0.2) is 4.39 Å². The number of aliphatic imine (C=N–C) groups is 1. The van der Waals surface area contributed by atoms with E-state index in [0.29, 0.717) is 5.57 Å². The monoisotopic (exact) mass is 207 g/mol. The van der Waals surface area contributed by atoms with E-state index in [1.807, 2.05) is 20.2 Å². The van der Waals surface area contributed by atoms with E-state index in [1.54, 1.807) is 4.68 Å². The van der Waals surface area contributed by atoms with Gasteiger partial charge in [-0.1, -0.05) is 0 Å². The van der Waals surface area contributed by atoms with Crippen molar-refractivity contribution in [2.45, 2.75) is 13.8 Å². The predicted octanol–water partition coefficient (Wildman–Crippen LogP) is 2.64. The molecule has 0 radical (unpaired) electrons. The van der Waals surface area contributed by atoms with Gasteiger partial charge in [-0.15, -0.1) is 0 Å². The molecular formula is C11H14FN3. The van der Waals surface area contributed by atoms with Gasteiger partial charge in [0.1, 0.15) is 0 Å². The first-order chi connectivity index (χ1) is 7.04. The van der Waals surface area contributed by atoms with E-state index < -0.39 is 0 Å². The highest BCUT2D eigenvalue weighted by Gasteiger charge is 2.07. The second-order valence-electron chi connectivity index (χ2n) is 3.30. The zero-order chi connectivity index (χ0) is 11.4. The maximum absolute atomic E-state index is 12.8. The average Bonchev–Trinajstić information content (AvgIpc) is 2.44. The van der Waals surface area contributed by atoms with Crippen LogP contribution in [0.5, 0.6) is 0 Å². The van der Waals surface area contributed by atoms with Crippen molar-refractivity contribution in [3.8, 4) is 0 Å². The van der Waals surface area contributed by atoms with Crippen LogP contribution in [0.4, 0.5) is 4.39 Å². The summed E-state index contributed by atoms with van der Waals surface area (Å²) in [5.41, 5.74) is 2.38. The van der Waals surface area contributed by atoms with Crippen molar-refractivity contribution >= 4 is 12.3 Å². The molecule has 80 valence electrons. The summed E-state index contributed by atoms with van der Waals surface area (Å²) >= 11 is 0. The average molecular weight is 207 g/mol. The van der Waals surface area contributed by atoms with E-state index in [0.717, 1.165) is 11.3 Å². The minimum atomic E-state index is -0.270. The number of aryl methyl sites for hydroxylation is 2. The molecular weight excluding hydrogens is 193 g/mol. The van der Waals surface area contributed by atoms with Crippen molar-refractivity contribution in [3.05, 3.63) is 35.6 Å². The number of nitrogens with zero attached hydrogens (tertiary/aromatic N) is 3. The van der Waals surface area contributed by atoms with Crippen LogP contribution in [-0.4, -0.2) is 16.5 Å². The third kappa shape index (κ3) is 2.87. The number of halogens is 1. The van der Waals surface area contributed by atoms with Gasteiger partial charge in [0.2, 0.25) is 0 Å². The number of aromatic nitrogens is 2. The summed E-state index contributed by atoms with van der Waals surface area (Å²) in [5, 5.41) is 4.18. The zero-order valence-electron chi connectivity index (χ0n) is 9.16. The fourth-order valence-corrected chi connectivity index (χ4v) is 1.38. The van der Waals surface area contributed by atoms with Gasteiger partial charge in [-0.2, -0.15) is 5.10 Å². The van der Waals surface area contributed by atoms with Gasteiger partial charge in [-0.3, -0.25) is 9.67 Å². The van der Waals surface area contributed by atoms with Crippen LogP contribution in [0.3, 0.4) is 0 Å². The quantitative estimate of drug-likeness (QED) is 0.553. The first-order valence-corrected chi connectivity index (χ1v) is 4.55. The number of hydrogen-bond acceptors (Lipinski definition) is 2. The van der Waals surface area contributed by atoms with Crippen molar-refractivity contribution in [1.82, 2.24) is 9.78 Å². The first-order valence-electron chi connectivity index (χ1n) is 4.55. The molecule has 15 heavy (non-hydrogen) atoms. The van der Waals surface area contributed by atoms with E-state index in [2.05, 4.69) is 16.8 Å². The van der Waals surface area contributed by atoms with Crippen LogP contribution in [-0.2, 0) is 7.05 Å². The van der Waals surface area contributed by atoms with Gasteiger partial charge < -0.3 is 0 Å². The highest BCUT2D eigenvalue weighted by atomic mass is 19.1. The summed E-state index contributed by atoms with van der Waals surface area (Å²) in [4.78, 5) is 3.66. The van der Waals surface area contributed by atoms with Crippen LogP contribution >= 0.6 is 0 Å². The molecule has 0 saturated heterocycles. The van der Waals surface area contributed by atoms with Gasteiger partial charge >= 0.3 is 0 Å². The minimum absolute atomic E-state index is 0.270. The van der Waals surface area contributed by atoms with Crippen molar-refractivity contribution in [2.24, 2.45) is 12.0 Å². The molecule has 0 spiro atoms. The Morgan fingerprint density at radius 3 is 2.73 bits per heavy atom. The molecule has 0 atom stereocenters. The maximum Gasteiger partial charge on any atom is 0.0975 e. The normalized spacial score (nSPS) is 13.1. The van der Waals surface area contributed by atoms with Gasteiger partial charge in [0.25, 0.3) is 0 Å². The summed E-state index contributed by atoms with van der Waals surface area (Å²) in [6.07, 6.45) is 4.76. The second-order valence-corrected chi connectivity index (χ2v) is 3.30. The molecule has 4 heteroatoms. The van der Waals surface area contributed by atoms with Crippen LogP contribution in [0.1, 0.15) is 18.2 Å². The molecule has 3 nitrogen and oxygen atoms in total. The topological polar surface area (TPSA) is 30.2 Å². The zero-order valence-corrected chi connectivity index (χ0v) is 9.16. The van der Waals surface area contributed by atoms with E-state index in [4.69, 9.17) is 0 Å². The summed E-state index contributed by atoms with van der Waals surface area (Å²) in [6, 6.07) is 0. The Hall–Kier alpha value is -1.71. The third-order valence-corrected chi connectivity index (χ3v) is 1.91. The van der Waals surface area contributed by atoms with E-state index >= 15 is 0 Å². The molecule has 0 N–H and O–H groups in total. The SMILES string of the molecule is C=N/C=C(\C=C(/C)F)c1cn(C)nc1C. The molecule has 0 saturated carbocycles. The van der Waals surface area contributed by atoms with Crippen LogP contribution in [0.2, 0.25) is 0 Å². The third-order valence-electron chi connectivity index (χ3n) is 1.91.